The molecular formula is C24H25F3N8O. The monoisotopic (exact) mass is 498 g/mol. The predicted octanol–water partition coefficient (Wildman–Crippen LogP) is 3.77. The molecule has 2 fully saturated rings. The van der Waals surface area contributed by atoms with Crippen molar-refractivity contribution < 1.29 is 17.9 Å². The maximum atomic E-state index is 13.8. The van der Waals surface area contributed by atoms with Gasteiger partial charge in [0.25, 0.3) is 0 Å². The average Bonchev–Trinajstić information content (AvgIpc) is 3.38. The normalized spacial score (nSPS) is 17.6. The SMILES string of the molecule is Cc1nc(C2CCOCC2)n(-c2cc(N3CC(c4nc5ccccc5n4C)C3)nc(C(F)(F)F)n2)n1. The summed E-state index contributed by atoms with van der Waals surface area (Å²) in [5, 5.41) is 4.40. The molecule has 6 rings (SSSR count). The summed E-state index contributed by atoms with van der Waals surface area (Å²) in [6, 6.07) is 9.43. The molecule has 2 saturated heterocycles. The van der Waals surface area contributed by atoms with Crippen LogP contribution in [0.1, 0.15) is 48.0 Å². The molecule has 2 aliphatic rings. The molecule has 3 aromatic heterocycles. The summed E-state index contributed by atoms with van der Waals surface area (Å²) >= 11 is 0. The molecule has 0 spiro atoms. The lowest BCUT2D eigenvalue weighted by Gasteiger charge is -2.39. The second-order valence-electron chi connectivity index (χ2n) is 9.34. The third-order valence-corrected chi connectivity index (χ3v) is 6.89. The molecule has 12 heteroatoms. The molecule has 0 saturated carbocycles. The van der Waals surface area contributed by atoms with Crippen molar-refractivity contribution in [1.29, 1.82) is 0 Å². The van der Waals surface area contributed by atoms with E-state index in [0.29, 0.717) is 38.0 Å². The first-order chi connectivity index (χ1) is 17.3. The van der Waals surface area contributed by atoms with Crippen molar-refractivity contribution >= 4 is 16.9 Å². The maximum absolute atomic E-state index is 13.8. The fraction of sp³-hybridized carbons (Fsp3) is 0.458. The Bertz CT molecular complexity index is 1420. The summed E-state index contributed by atoms with van der Waals surface area (Å²) in [6.45, 7) is 3.90. The zero-order valence-electron chi connectivity index (χ0n) is 19.9. The van der Waals surface area contributed by atoms with Crippen molar-refractivity contribution in [1.82, 2.24) is 34.3 Å². The Balaban J connectivity index is 1.33. The van der Waals surface area contributed by atoms with Crippen molar-refractivity contribution in [3.63, 3.8) is 0 Å². The Morgan fingerprint density at radius 1 is 0.917 bits per heavy atom. The molecule has 9 nitrogen and oxygen atoms in total. The van der Waals surface area contributed by atoms with Crippen molar-refractivity contribution in [2.75, 3.05) is 31.2 Å². The van der Waals surface area contributed by atoms with E-state index in [0.717, 1.165) is 29.7 Å². The molecule has 1 aromatic carbocycles. The van der Waals surface area contributed by atoms with E-state index in [9.17, 15) is 13.2 Å². The van der Waals surface area contributed by atoms with Crippen LogP contribution in [-0.4, -0.2) is 60.6 Å². The number of aryl methyl sites for hydroxylation is 2. The zero-order chi connectivity index (χ0) is 25.0. The molecule has 0 unspecified atom stereocenters. The van der Waals surface area contributed by atoms with Gasteiger partial charge in [-0.05, 0) is 31.9 Å². The molecule has 4 aromatic rings. The molecule has 2 aliphatic heterocycles. The first-order valence-corrected chi connectivity index (χ1v) is 11.9. The van der Waals surface area contributed by atoms with Crippen LogP contribution in [0.5, 0.6) is 0 Å². The minimum Gasteiger partial charge on any atom is -0.381 e. The van der Waals surface area contributed by atoms with E-state index < -0.39 is 12.0 Å². The Kier molecular flexibility index (Phi) is 5.43. The molecule has 0 N–H and O–H groups in total. The second kappa shape index (κ2) is 8.54. The van der Waals surface area contributed by atoms with Crippen LogP contribution in [0.4, 0.5) is 19.0 Å². The van der Waals surface area contributed by atoms with Crippen LogP contribution < -0.4 is 4.90 Å². The van der Waals surface area contributed by atoms with E-state index in [-0.39, 0.29) is 23.5 Å². The van der Waals surface area contributed by atoms with Crippen LogP contribution in [0.2, 0.25) is 0 Å². The van der Waals surface area contributed by atoms with Gasteiger partial charge in [-0.3, -0.25) is 0 Å². The van der Waals surface area contributed by atoms with Gasteiger partial charge in [0.2, 0.25) is 5.82 Å². The number of benzene rings is 1. The van der Waals surface area contributed by atoms with E-state index in [1.807, 2.05) is 40.8 Å². The van der Waals surface area contributed by atoms with E-state index >= 15 is 0 Å². The summed E-state index contributed by atoms with van der Waals surface area (Å²) < 4.78 is 50.3. The quantitative estimate of drug-likeness (QED) is 0.423. The molecule has 0 radical (unpaired) electrons. The standard InChI is InChI=1S/C24H25F3N8O/c1-14-28-22(15-7-9-36-10-8-15)35(32-14)20-11-19(30-23(31-20)24(25,26)27)34-12-16(13-34)21-29-17-5-3-4-6-18(17)33(21)2/h3-6,11,15-16H,7-10,12-13H2,1-2H3. The lowest BCUT2D eigenvalue weighted by atomic mass is 9.99. The van der Waals surface area contributed by atoms with Crippen molar-refractivity contribution in [3.8, 4) is 5.82 Å². The average molecular weight is 499 g/mol. The summed E-state index contributed by atoms with van der Waals surface area (Å²) in [5.41, 5.74) is 1.93. The van der Waals surface area contributed by atoms with Crippen LogP contribution in [0.3, 0.4) is 0 Å². The smallest absolute Gasteiger partial charge is 0.381 e. The van der Waals surface area contributed by atoms with E-state index in [4.69, 9.17) is 9.72 Å². The van der Waals surface area contributed by atoms with Crippen LogP contribution in [0.15, 0.2) is 30.3 Å². The van der Waals surface area contributed by atoms with Crippen LogP contribution in [0.25, 0.3) is 16.9 Å². The Labute approximate surface area is 205 Å². The minimum atomic E-state index is -4.69. The predicted molar refractivity (Wildman–Crippen MR) is 125 cm³/mol. The number of hydrogen-bond acceptors (Lipinski definition) is 7. The molecule has 0 aliphatic carbocycles. The number of hydrogen-bond donors (Lipinski definition) is 0. The van der Waals surface area contributed by atoms with E-state index in [2.05, 4.69) is 20.1 Å². The zero-order valence-corrected chi connectivity index (χ0v) is 19.9. The fourth-order valence-corrected chi connectivity index (χ4v) is 5.00. The van der Waals surface area contributed by atoms with Gasteiger partial charge in [-0.15, -0.1) is 5.10 Å². The number of rotatable bonds is 4. The number of alkyl halides is 3. The van der Waals surface area contributed by atoms with Gasteiger partial charge < -0.3 is 14.2 Å². The fourth-order valence-electron chi connectivity index (χ4n) is 5.00. The summed E-state index contributed by atoms with van der Waals surface area (Å²) in [5.74, 6) is 1.22. The van der Waals surface area contributed by atoms with Gasteiger partial charge in [0, 0.05) is 45.3 Å². The number of anilines is 1. The van der Waals surface area contributed by atoms with Gasteiger partial charge in [0.1, 0.15) is 23.3 Å². The second-order valence-corrected chi connectivity index (χ2v) is 9.34. The minimum absolute atomic E-state index is 0.0404. The molecule has 0 bridgehead atoms. The number of aromatic nitrogens is 7. The topological polar surface area (TPSA) is 86.8 Å². The lowest BCUT2D eigenvalue weighted by Crippen LogP contribution is -2.46. The summed E-state index contributed by atoms with van der Waals surface area (Å²) in [4.78, 5) is 18.8. The van der Waals surface area contributed by atoms with Crippen molar-refractivity contribution in [2.45, 2.75) is 37.8 Å². The van der Waals surface area contributed by atoms with Crippen molar-refractivity contribution in [3.05, 3.63) is 53.6 Å². The van der Waals surface area contributed by atoms with Gasteiger partial charge in [-0.25, -0.2) is 19.9 Å². The van der Waals surface area contributed by atoms with E-state index in [1.54, 1.807) is 13.0 Å². The number of fused-ring (bicyclic) bond motifs is 1. The Morgan fingerprint density at radius 3 is 2.36 bits per heavy atom. The highest BCUT2D eigenvalue weighted by Gasteiger charge is 2.39. The van der Waals surface area contributed by atoms with Crippen molar-refractivity contribution in [2.24, 2.45) is 7.05 Å². The van der Waals surface area contributed by atoms with Gasteiger partial charge in [0.05, 0.1) is 17.0 Å². The van der Waals surface area contributed by atoms with Gasteiger partial charge in [-0.1, -0.05) is 12.1 Å². The number of para-hydroxylation sites is 2. The first-order valence-electron chi connectivity index (χ1n) is 11.9. The summed E-state index contributed by atoms with van der Waals surface area (Å²) in [7, 11) is 1.96. The van der Waals surface area contributed by atoms with Gasteiger partial charge in [-0.2, -0.15) is 17.9 Å². The first kappa shape index (κ1) is 22.9. The molecule has 36 heavy (non-hydrogen) atoms. The van der Waals surface area contributed by atoms with Gasteiger partial charge in [0.15, 0.2) is 5.82 Å². The molecular weight excluding hydrogens is 473 g/mol. The Morgan fingerprint density at radius 2 is 1.64 bits per heavy atom. The highest BCUT2D eigenvalue weighted by atomic mass is 19.4. The van der Waals surface area contributed by atoms with Gasteiger partial charge >= 0.3 is 6.18 Å². The van der Waals surface area contributed by atoms with Crippen LogP contribution in [0, 0.1) is 6.92 Å². The molecule has 188 valence electrons. The third-order valence-electron chi connectivity index (χ3n) is 6.89. The highest BCUT2D eigenvalue weighted by Crippen LogP contribution is 2.35. The largest absolute Gasteiger partial charge is 0.451 e. The van der Waals surface area contributed by atoms with Crippen LogP contribution >= 0.6 is 0 Å². The molecule has 0 amide bonds. The highest BCUT2D eigenvalue weighted by molar-refractivity contribution is 5.76. The Hall–Kier alpha value is -3.54. The number of halogens is 3. The maximum Gasteiger partial charge on any atom is 0.451 e. The number of ether oxygens (including phenoxy) is 1. The van der Waals surface area contributed by atoms with E-state index in [1.165, 1.54) is 4.68 Å². The lowest BCUT2D eigenvalue weighted by molar-refractivity contribution is -0.144. The van der Waals surface area contributed by atoms with Crippen LogP contribution in [-0.2, 0) is 18.0 Å². The third kappa shape index (κ3) is 3.98. The molecule has 0 atom stereocenters. The number of imidazole rings is 1. The molecule has 5 heterocycles. The number of nitrogens with zero attached hydrogens (tertiary/aromatic N) is 8. The summed E-state index contributed by atoms with van der Waals surface area (Å²) in [6.07, 6.45) is -3.23.